The molecule has 0 saturated heterocycles. The summed E-state index contributed by atoms with van der Waals surface area (Å²) in [7, 11) is 3.38. The third kappa shape index (κ3) is 3.79. The Kier molecular flexibility index (Phi) is 5.17. The van der Waals surface area contributed by atoms with E-state index < -0.39 is 0 Å². The van der Waals surface area contributed by atoms with E-state index >= 15 is 0 Å². The van der Waals surface area contributed by atoms with Crippen molar-refractivity contribution < 1.29 is 9.47 Å². The van der Waals surface area contributed by atoms with E-state index in [0.29, 0.717) is 13.0 Å². The van der Waals surface area contributed by atoms with Gasteiger partial charge >= 0.3 is 0 Å². The number of rotatable bonds is 6. The zero-order valence-corrected chi connectivity index (χ0v) is 9.56. The van der Waals surface area contributed by atoms with Crippen LogP contribution >= 0.6 is 0 Å². The lowest BCUT2D eigenvalue weighted by Gasteiger charge is -2.10. The second-order valence-electron chi connectivity index (χ2n) is 3.29. The highest BCUT2D eigenvalue weighted by molar-refractivity contribution is 5.32. The molecule has 0 aliphatic carbocycles. The van der Waals surface area contributed by atoms with Gasteiger partial charge in [0.2, 0.25) is 0 Å². The van der Waals surface area contributed by atoms with Crippen LogP contribution in [0.3, 0.4) is 0 Å². The predicted molar refractivity (Wildman–Crippen MR) is 61.6 cm³/mol. The molecule has 0 amide bonds. The molecule has 0 saturated carbocycles. The van der Waals surface area contributed by atoms with Crippen LogP contribution in [0.4, 0.5) is 0 Å². The largest absolute Gasteiger partial charge is 0.497 e. The Morgan fingerprint density at radius 3 is 2.81 bits per heavy atom. The average Bonchev–Trinajstić information content (AvgIpc) is 2.35. The lowest BCUT2D eigenvalue weighted by Crippen LogP contribution is -2.25. The van der Waals surface area contributed by atoms with Crippen LogP contribution in [0, 0.1) is 11.3 Å². The summed E-state index contributed by atoms with van der Waals surface area (Å²) in [6, 6.07) is 9.40. The van der Waals surface area contributed by atoms with Crippen LogP contribution < -0.4 is 14.8 Å². The normalized spacial score (nSPS) is 11.6. The lowest BCUT2D eigenvalue weighted by molar-refractivity contribution is 0.298. The van der Waals surface area contributed by atoms with Crippen molar-refractivity contribution in [1.82, 2.24) is 5.32 Å². The van der Waals surface area contributed by atoms with Gasteiger partial charge in [-0.3, -0.25) is 0 Å². The van der Waals surface area contributed by atoms with Crippen molar-refractivity contribution >= 4 is 0 Å². The molecule has 1 aromatic rings. The molecule has 4 heteroatoms. The first kappa shape index (κ1) is 12.3. The van der Waals surface area contributed by atoms with Gasteiger partial charge in [-0.2, -0.15) is 5.26 Å². The van der Waals surface area contributed by atoms with Crippen molar-refractivity contribution in [2.45, 2.75) is 12.5 Å². The zero-order valence-electron chi connectivity index (χ0n) is 9.56. The molecule has 0 aliphatic heterocycles. The topological polar surface area (TPSA) is 54.3 Å². The van der Waals surface area contributed by atoms with Crippen molar-refractivity contribution in [3.05, 3.63) is 24.3 Å². The van der Waals surface area contributed by atoms with Crippen LogP contribution in [-0.2, 0) is 0 Å². The number of nitrogens with one attached hydrogen (secondary N) is 1. The molecule has 0 fully saturated rings. The van der Waals surface area contributed by atoms with Crippen LogP contribution in [0.5, 0.6) is 11.5 Å². The van der Waals surface area contributed by atoms with Gasteiger partial charge in [-0.15, -0.1) is 0 Å². The van der Waals surface area contributed by atoms with Gasteiger partial charge in [-0.1, -0.05) is 6.07 Å². The van der Waals surface area contributed by atoms with E-state index in [1.165, 1.54) is 0 Å². The zero-order chi connectivity index (χ0) is 11.8. The quantitative estimate of drug-likeness (QED) is 0.790. The molecular formula is C12H16N2O2. The molecule has 1 aromatic carbocycles. The van der Waals surface area contributed by atoms with Gasteiger partial charge in [0.25, 0.3) is 0 Å². The van der Waals surface area contributed by atoms with Crippen molar-refractivity contribution in [3.8, 4) is 17.6 Å². The Balaban J connectivity index is 2.40. The molecule has 16 heavy (non-hydrogen) atoms. The predicted octanol–water partition coefficient (Wildman–Crippen LogP) is 1.58. The van der Waals surface area contributed by atoms with Crippen molar-refractivity contribution in [2.24, 2.45) is 0 Å². The molecule has 0 aromatic heterocycles. The fraction of sp³-hybridized carbons (Fsp3) is 0.417. The van der Waals surface area contributed by atoms with Gasteiger partial charge in [0.05, 0.1) is 25.8 Å². The molecule has 1 atom stereocenters. The van der Waals surface area contributed by atoms with Gasteiger partial charge in [0.1, 0.15) is 11.5 Å². The van der Waals surface area contributed by atoms with Crippen LogP contribution in [-0.4, -0.2) is 26.8 Å². The Morgan fingerprint density at radius 2 is 2.19 bits per heavy atom. The van der Waals surface area contributed by atoms with E-state index in [1.54, 1.807) is 14.2 Å². The number of methoxy groups -OCH3 is 1. The van der Waals surface area contributed by atoms with Gasteiger partial charge in [0.15, 0.2) is 0 Å². The molecule has 86 valence electrons. The molecule has 0 aliphatic rings. The van der Waals surface area contributed by atoms with Crippen molar-refractivity contribution in [1.29, 1.82) is 5.26 Å². The fourth-order valence-corrected chi connectivity index (χ4v) is 1.26. The molecule has 4 nitrogen and oxygen atoms in total. The van der Waals surface area contributed by atoms with E-state index in [9.17, 15) is 0 Å². The summed E-state index contributed by atoms with van der Waals surface area (Å²) in [5.41, 5.74) is 0. The molecule has 0 heterocycles. The maximum absolute atomic E-state index is 8.72. The number of nitrogens with zero attached hydrogens (tertiary/aromatic N) is 1. The van der Waals surface area contributed by atoms with Crippen LogP contribution in [0.1, 0.15) is 6.42 Å². The first-order valence-electron chi connectivity index (χ1n) is 5.14. The molecule has 0 bridgehead atoms. The number of ether oxygens (including phenoxy) is 2. The monoisotopic (exact) mass is 220 g/mol. The van der Waals surface area contributed by atoms with Crippen LogP contribution in [0.25, 0.3) is 0 Å². The van der Waals surface area contributed by atoms with E-state index in [0.717, 1.165) is 11.5 Å². The maximum Gasteiger partial charge on any atom is 0.122 e. The first-order chi connectivity index (χ1) is 7.80. The second-order valence-corrected chi connectivity index (χ2v) is 3.29. The lowest BCUT2D eigenvalue weighted by atomic mass is 10.2. The Labute approximate surface area is 95.8 Å². The number of hydrogen-bond donors (Lipinski definition) is 1. The van der Waals surface area contributed by atoms with E-state index in [2.05, 4.69) is 11.4 Å². The molecule has 1 rings (SSSR count). The van der Waals surface area contributed by atoms with Crippen LogP contribution in [0.2, 0.25) is 0 Å². The Morgan fingerprint density at radius 1 is 1.44 bits per heavy atom. The van der Waals surface area contributed by atoms with E-state index in [1.807, 2.05) is 24.3 Å². The summed E-state index contributed by atoms with van der Waals surface area (Å²) in [6.07, 6.45) is 0.657. The Bertz CT molecular complexity index is 360. The summed E-state index contributed by atoms with van der Waals surface area (Å²) in [6.45, 7) is 0.506. The van der Waals surface area contributed by atoms with Crippen molar-refractivity contribution in [2.75, 3.05) is 20.8 Å². The van der Waals surface area contributed by atoms with Gasteiger partial charge in [0, 0.05) is 12.5 Å². The average molecular weight is 220 g/mol. The molecule has 0 radical (unpaired) electrons. The molecular weight excluding hydrogens is 204 g/mol. The summed E-state index contributed by atoms with van der Waals surface area (Å²) < 4.78 is 10.6. The number of benzene rings is 1. The molecule has 1 unspecified atom stereocenters. The minimum Gasteiger partial charge on any atom is -0.497 e. The van der Waals surface area contributed by atoms with Crippen LogP contribution in [0.15, 0.2) is 24.3 Å². The van der Waals surface area contributed by atoms with Gasteiger partial charge < -0.3 is 14.8 Å². The summed E-state index contributed by atoms with van der Waals surface area (Å²) in [4.78, 5) is 0. The highest BCUT2D eigenvalue weighted by Gasteiger charge is 2.03. The number of nitriles is 1. The van der Waals surface area contributed by atoms with Gasteiger partial charge in [-0.25, -0.2) is 0 Å². The standard InChI is InChI=1S/C12H16N2O2/c1-14-10(9-13)6-7-16-12-5-3-4-11(8-12)15-2/h3-5,8,10,14H,6-7H2,1-2H3. The van der Waals surface area contributed by atoms with Gasteiger partial charge in [-0.05, 0) is 19.2 Å². The third-order valence-corrected chi connectivity index (χ3v) is 2.22. The SMILES string of the molecule is CNC(C#N)CCOc1cccc(OC)c1. The molecule has 1 N–H and O–H groups in total. The fourth-order valence-electron chi connectivity index (χ4n) is 1.26. The summed E-state index contributed by atoms with van der Waals surface area (Å²) in [5, 5.41) is 11.6. The molecule has 0 spiro atoms. The number of hydrogen-bond acceptors (Lipinski definition) is 4. The Hall–Kier alpha value is -1.73. The minimum absolute atomic E-state index is 0.161. The van der Waals surface area contributed by atoms with E-state index in [-0.39, 0.29) is 6.04 Å². The minimum atomic E-state index is -0.161. The first-order valence-corrected chi connectivity index (χ1v) is 5.14. The highest BCUT2D eigenvalue weighted by atomic mass is 16.5. The second kappa shape index (κ2) is 6.70. The highest BCUT2D eigenvalue weighted by Crippen LogP contribution is 2.18. The smallest absolute Gasteiger partial charge is 0.122 e. The summed E-state index contributed by atoms with van der Waals surface area (Å²) >= 11 is 0. The summed E-state index contributed by atoms with van der Waals surface area (Å²) in [5.74, 6) is 1.52. The van der Waals surface area contributed by atoms with E-state index in [4.69, 9.17) is 14.7 Å². The third-order valence-electron chi connectivity index (χ3n) is 2.22. The maximum atomic E-state index is 8.72. The van der Waals surface area contributed by atoms with Crippen molar-refractivity contribution in [3.63, 3.8) is 0 Å².